The predicted molar refractivity (Wildman–Crippen MR) is 130 cm³/mol. The molecule has 2 aromatic rings. The largest absolute Gasteiger partial charge is 0.415 e. The molecular weight excluding hydrogens is 552 g/mol. The molecule has 3 rings (SSSR count). The summed E-state index contributed by atoms with van der Waals surface area (Å²) in [6.07, 6.45) is -0.416. The lowest BCUT2D eigenvalue weighted by Gasteiger charge is -2.37. The molecule has 1 aromatic carbocycles. The fourth-order valence-corrected chi connectivity index (χ4v) is 8.01. The number of hydrogen-bond donors (Lipinski definition) is 1. The third-order valence-corrected chi connectivity index (χ3v) is 10.4. The van der Waals surface area contributed by atoms with E-state index in [-0.39, 0.29) is 46.0 Å². The lowest BCUT2D eigenvalue weighted by Crippen LogP contribution is -2.47. The van der Waals surface area contributed by atoms with Crippen LogP contribution in [0.4, 0.5) is 4.79 Å². The normalized spacial score (nSPS) is 17.1. The number of sulfonamides is 2. The number of benzene rings is 1. The lowest BCUT2D eigenvalue weighted by atomic mass is 10.1. The molecule has 14 nitrogen and oxygen atoms in total. The van der Waals surface area contributed by atoms with Crippen LogP contribution in [0, 0.1) is 10.1 Å². The highest BCUT2D eigenvalue weighted by Crippen LogP contribution is 2.42. The number of fused-ring (bicyclic) bond motifs is 1. The summed E-state index contributed by atoms with van der Waals surface area (Å²) in [5, 5.41) is 14.7. The van der Waals surface area contributed by atoms with Crippen LogP contribution in [0.25, 0.3) is 0 Å². The third kappa shape index (κ3) is 6.74. The van der Waals surface area contributed by atoms with E-state index in [0.717, 1.165) is 0 Å². The van der Waals surface area contributed by atoms with Gasteiger partial charge in [-0.2, -0.15) is 4.31 Å². The minimum Gasteiger partial charge on any atom is -0.410 e. The Hall–Kier alpha value is -2.83. The Morgan fingerprint density at radius 3 is 2.57 bits per heavy atom. The van der Waals surface area contributed by atoms with E-state index in [0.29, 0.717) is 29.9 Å². The Balaban J connectivity index is 1.91. The zero-order valence-corrected chi connectivity index (χ0v) is 22.4. The molecule has 0 radical (unpaired) electrons. The van der Waals surface area contributed by atoms with Gasteiger partial charge in [-0.1, -0.05) is 12.1 Å². The monoisotopic (exact) mass is 578 g/mol. The molecule has 2 heterocycles. The van der Waals surface area contributed by atoms with Crippen molar-refractivity contribution in [2.45, 2.75) is 34.4 Å². The Kier molecular flexibility index (Phi) is 9.09. The summed E-state index contributed by atoms with van der Waals surface area (Å²) in [5.41, 5.74) is 0.620. The number of carbonyl (C=O) groups excluding carboxylic acids is 1. The minimum atomic E-state index is -4.20. The highest BCUT2D eigenvalue weighted by Gasteiger charge is 2.43. The summed E-state index contributed by atoms with van der Waals surface area (Å²) < 4.78 is 61.6. The standard InChI is InChI=1S/C20H26N4O10S3/c1-3-23(20(25)34-15-7-5-14(6-8-15)13-33-24(26)27)17-12-22(9-4-10-32-2)37(30,31)19-16(17)11-18(35-19)36(21,28)29/h5-8,11,17H,3-4,9-10,12-13H2,1-2H3,(H2,21,28,29)/t17-/m0/s1. The predicted octanol–water partition coefficient (Wildman–Crippen LogP) is 1.71. The van der Waals surface area contributed by atoms with Crippen LogP contribution in [0.1, 0.15) is 30.5 Å². The number of nitrogens with zero attached hydrogens (tertiary/aromatic N) is 3. The van der Waals surface area contributed by atoms with Crippen molar-refractivity contribution >= 4 is 37.5 Å². The van der Waals surface area contributed by atoms with Gasteiger partial charge in [0.2, 0.25) is 10.0 Å². The average molecular weight is 579 g/mol. The quantitative estimate of drug-likeness (QED) is 0.233. The van der Waals surface area contributed by atoms with E-state index in [1.165, 1.54) is 46.6 Å². The number of ether oxygens (including phenoxy) is 2. The first-order valence-corrected chi connectivity index (χ1v) is 14.7. The number of hydrogen-bond acceptors (Lipinski definition) is 11. The van der Waals surface area contributed by atoms with Crippen LogP contribution in [-0.2, 0) is 36.2 Å². The molecule has 1 aromatic heterocycles. The van der Waals surface area contributed by atoms with Crippen LogP contribution in [0.15, 0.2) is 38.8 Å². The number of amides is 1. The van der Waals surface area contributed by atoms with Gasteiger partial charge >= 0.3 is 6.09 Å². The zero-order chi connectivity index (χ0) is 27.4. The molecule has 0 unspecified atom stereocenters. The molecule has 2 N–H and O–H groups in total. The zero-order valence-electron chi connectivity index (χ0n) is 19.9. The molecular formula is C20H26N4O10S3. The maximum absolute atomic E-state index is 13.3. The number of methoxy groups -OCH3 is 1. The topological polar surface area (TPSA) is 189 Å². The van der Waals surface area contributed by atoms with Crippen molar-refractivity contribution in [3.05, 3.63) is 51.6 Å². The molecule has 0 spiro atoms. The highest BCUT2D eigenvalue weighted by atomic mass is 32.3. The van der Waals surface area contributed by atoms with E-state index in [1.807, 2.05) is 0 Å². The van der Waals surface area contributed by atoms with Crippen LogP contribution in [0.3, 0.4) is 0 Å². The molecule has 0 bridgehead atoms. The summed E-state index contributed by atoms with van der Waals surface area (Å²) in [5.74, 6) is 0.143. The van der Waals surface area contributed by atoms with Crippen molar-refractivity contribution in [1.82, 2.24) is 9.21 Å². The number of rotatable bonds is 11. The fraction of sp³-hybridized carbons (Fsp3) is 0.450. The summed E-state index contributed by atoms with van der Waals surface area (Å²) >= 11 is 0.535. The first-order chi connectivity index (χ1) is 17.4. The van der Waals surface area contributed by atoms with E-state index in [2.05, 4.69) is 4.84 Å². The van der Waals surface area contributed by atoms with Crippen LogP contribution in [0.5, 0.6) is 5.75 Å². The molecule has 0 saturated carbocycles. The van der Waals surface area contributed by atoms with Crippen molar-refractivity contribution < 1.29 is 41.0 Å². The van der Waals surface area contributed by atoms with Gasteiger partial charge in [-0.15, -0.1) is 21.5 Å². The van der Waals surface area contributed by atoms with E-state index in [9.17, 15) is 31.7 Å². The second-order valence-electron chi connectivity index (χ2n) is 7.87. The summed E-state index contributed by atoms with van der Waals surface area (Å²) in [4.78, 5) is 29.1. The minimum absolute atomic E-state index is 0.0923. The number of carbonyl (C=O) groups is 1. The first-order valence-electron chi connectivity index (χ1n) is 10.9. The molecule has 1 amide bonds. The summed E-state index contributed by atoms with van der Waals surface area (Å²) in [6, 6.07) is 6.18. The maximum Gasteiger partial charge on any atom is 0.415 e. The maximum atomic E-state index is 13.3. The Morgan fingerprint density at radius 2 is 2.00 bits per heavy atom. The fourth-order valence-electron chi connectivity index (χ4n) is 3.73. The van der Waals surface area contributed by atoms with Gasteiger partial charge in [0, 0.05) is 38.9 Å². The molecule has 17 heteroatoms. The van der Waals surface area contributed by atoms with E-state index in [1.54, 1.807) is 6.92 Å². The van der Waals surface area contributed by atoms with Crippen LogP contribution in [0.2, 0.25) is 0 Å². The number of likely N-dealkylation sites (N-methyl/N-ethyl adjacent to an activating group) is 1. The smallest absolute Gasteiger partial charge is 0.410 e. The van der Waals surface area contributed by atoms with Crippen molar-refractivity contribution in [2.24, 2.45) is 5.14 Å². The molecule has 204 valence electrons. The van der Waals surface area contributed by atoms with Gasteiger partial charge < -0.3 is 14.3 Å². The van der Waals surface area contributed by atoms with Gasteiger partial charge in [-0.05, 0) is 37.1 Å². The van der Waals surface area contributed by atoms with E-state index in [4.69, 9.17) is 14.6 Å². The average Bonchev–Trinajstić information content (AvgIpc) is 3.29. The molecule has 0 fully saturated rings. The van der Waals surface area contributed by atoms with Crippen LogP contribution >= 0.6 is 11.3 Å². The Bertz CT molecular complexity index is 1340. The van der Waals surface area contributed by atoms with E-state index >= 15 is 0 Å². The summed E-state index contributed by atoms with van der Waals surface area (Å²) in [7, 11) is -6.75. The van der Waals surface area contributed by atoms with Crippen molar-refractivity contribution in [3.63, 3.8) is 0 Å². The lowest BCUT2D eigenvalue weighted by molar-refractivity contribution is -0.763. The molecule has 1 aliphatic heterocycles. The third-order valence-electron chi connectivity index (χ3n) is 5.47. The number of thiophene rings is 1. The molecule has 37 heavy (non-hydrogen) atoms. The van der Waals surface area contributed by atoms with Crippen molar-refractivity contribution in [1.29, 1.82) is 0 Å². The van der Waals surface area contributed by atoms with Gasteiger partial charge in [0.25, 0.3) is 15.1 Å². The van der Waals surface area contributed by atoms with Crippen LogP contribution < -0.4 is 9.88 Å². The highest BCUT2D eigenvalue weighted by molar-refractivity contribution is 7.94. The summed E-state index contributed by atoms with van der Waals surface area (Å²) in [6.45, 7) is 1.78. The van der Waals surface area contributed by atoms with Gasteiger partial charge in [0.15, 0.2) is 0 Å². The van der Waals surface area contributed by atoms with E-state index < -0.39 is 37.3 Å². The first kappa shape index (κ1) is 28.7. The van der Waals surface area contributed by atoms with Gasteiger partial charge in [0.1, 0.15) is 20.8 Å². The van der Waals surface area contributed by atoms with Gasteiger partial charge in [-0.25, -0.2) is 26.8 Å². The van der Waals surface area contributed by atoms with Crippen LogP contribution in [-0.4, -0.2) is 70.6 Å². The molecule has 0 saturated heterocycles. The SMILES string of the molecule is CCN(C(=O)Oc1ccc(CO[N+](=O)[O-])cc1)[C@H]1CN(CCCOC)S(=O)(=O)c2sc(S(N)(=O)=O)cc21. The second kappa shape index (κ2) is 11.7. The molecule has 1 aliphatic rings. The number of nitrogens with two attached hydrogens (primary N) is 1. The molecule has 0 aliphatic carbocycles. The van der Waals surface area contributed by atoms with Crippen molar-refractivity contribution in [3.8, 4) is 5.75 Å². The Morgan fingerprint density at radius 1 is 1.32 bits per heavy atom. The Labute approximate surface area is 217 Å². The second-order valence-corrected chi connectivity index (χ2v) is 12.8. The van der Waals surface area contributed by atoms with Crippen molar-refractivity contribution in [2.75, 3.05) is 33.4 Å². The number of primary sulfonamides is 1. The molecule has 1 atom stereocenters. The van der Waals surface area contributed by atoms with Gasteiger partial charge in [-0.3, -0.25) is 4.90 Å². The van der Waals surface area contributed by atoms with Gasteiger partial charge in [0.05, 0.1) is 6.04 Å².